The average molecular weight is 489 g/mol. The smallest absolute Gasteiger partial charge is 0.267 e. The number of ether oxygens (including phenoxy) is 2. The number of rotatable bonds is 12. The molecule has 3 aromatic rings. The molecule has 0 aliphatic carbocycles. The van der Waals surface area contributed by atoms with Crippen molar-refractivity contribution in [1.82, 2.24) is 10.6 Å². The lowest BCUT2D eigenvalue weighted by Gasteiger charge is -2.12. The largest absolute Gasteiger partial charge is 0.493 e. The van der Waals surface area contributed by atoms with Gasteiger partial charge >= 0.3 is 0 Å². The van der Waals surface area contributed by atoms with Crippen molar-refractivity contribution >= 4 is 17.9 Å². The van der Waals surface area contributed by atoms with E-state index in [-0.39, 0.29) is 25.0 Å². The van der Waals surface area contributed by atoms with Crippen molar-refractivity contribution in [3.8, 4) is 11.5 Å². The molecule has 0 saturated carbocycles. The van der Waals surface area contributed by atoms with Gasteiger partial charge < -0.3 is 25.2 Å². The number of hydrogen-bond donors (Lipinski definition) is 3. The number of nitrogens with one attached hydrogen (secondary N) is 2. The van der Waals surface area contributed by atoms with Gasteiger partial charge in [-0.25, -0.2) is 0 Å². The second-order valence-corrected chi connectivity index (χ2v) is 8.34. The molecule has 3 N–H and O–H groups in total. The Labute approximate surface area is 211 Å². The van der Waals surface area contributed by atoms with Crippen LogP contribution in [0.1, 0.15) is 35.3 Å². The Balaban J connectivity index is 1.65. The summed E-state index contributed by atoms with van der Waals surface area (Å²) in [5.74, 6) is 0.433. The topological polar surface area (TPSA) is 96.9 Å². The van der Waals surface area contributed by atoms with Crippen molar-refractivity contribution in [2.24, 2.45) is 0 Å². The van der Waals surface area contributed by atoms with E-state index in [4.69, 9.17) is 14.6 Å². The maximum absolute atomic E-state index is 12.9. The summed E-state index contributed by atoms with van der Waals surface area (Å²) in [4.78, 5) is 25.5. The van der Waals surface area contributed by atoms with E-state index < -0.39 is 11.8 Å². The van der Waals surface area contributed by atoms with E-state index in [0.29, 0.717) is 29.2 Å². The molecule has 0 saturated heterocycles. The number of aliphatic hydroxyl groups excluding tert-OH is 1. The molecule has 0 unspecified atom stereocenters. The molecule has 188 valence electrons. The number of amides is 2. The van der Waals surface area contributed by atoms with Crippen LogP contribution in [0.4, 0.5) is 0 Å². The molecule has 3 rings (SSSR count). The zero-order chi connectivity index (χ0) is 25.8. The molecule has 7 heteroatoms. The fraction of sp³-hybridized carbons (Fsp3) is 0.241. The second-order valence-electron chi connectivity index (χ2n) is 8.34. The summed E-state index contributed by atoms with van der Waals surface area (Å²) < 4.78 is 11.4. The zero-order valence-electron chi connectivity index (χ0n) is 20.6. The highest BCUT2D eigenvalue weighted by Crippen LogP contribution is 2.17. The molecule has 3 aromatic carbocycles. The summed E-state index contributed by atoms with van der Waals surface area (Å²) in [6.07, 6.45) is 2.40. The molecule has 2 amide bonds. The van der Waals surface area contributed by atoms with Gasteiger partial charge in [-0.1, -0.05) is 42.5 Å². The minimum Gasteiger partial charge on any atom is -0.493 e. The second kappa shape index (κ2) is 13.7. The standard InChI is InChI=1S/C29H32N2O5/c1-21(2)36-26-12-8-23(9-13-26)20-27(29(34)30-17-18-32)31-28(33)24-10-14-25(15-11-24)35-19-16-22-6-4-3-5-7-22/h3-15,20-21,32H,16-19H2,1-2H3,(H,30,34)(H,31,33). The normalized spacial score (nSPS) is 11.2. The first-order valence-electron chi connectivity index (χ1n) is 11.9. The van der Waals surface area contributed by atoms with Crippen LogP contribution in [0.2, 0.25) is 0 Å². The molecule has 0 fully saturated rings. The van der Waals surface area contributed by atoms with Gasteiger partial charge in [0.25, 0.3) is 11.8 Å². The Kier molecular flexibility index (Phi) is 10.1. The van der Waals surface area contributed by atoms with E-state index in [9.17, 15) is 9.59 Å². The Morgan fingerprint density at radius 2 is 1.58 bits per heavy atom. The summed E-state index contributed by atoms with van der Waals surface area (Å²) in [6, 6.07) is 24.0. The lowest BCUT2D eigenvalue weighted by molar-refractivity contribution is -0.117. The van der Waals surface area contributed by atoms with Gasteiger partial charge in [0.05, 0.1) is 19.3 Å². The van der Waals surface area contributed by atoms with Gasteiger partial charge in [0.1, 0.15) is 17.2 Å². The van der Waals surface area contributed by atoms with E-state index in [1.807, 2.05) is 44.2 Å². The summed E-state index contributed by atoms with van der Waals surface area (Å²) >= 11 is 0. The van der Waals surface area contributed by atoms with E-state index in [0.717, 1.165) is 6.42 Å². The maximum atomic E-state index is 12.9. The Bertz CT molecular complexity index is 1140. The van der Waals surface area contributed by atoms with Gasteiger partial charge in [0.15, 0.2) is 0 Å². The summed E-state index contributed by atoms with van der Waals surface area (Å²) in [7, 11) is 0. The fourth-order valence-electron chi connectivity index (χ4n) is 3.33. The Morgan fingerprint density at radius 1 is 0.917 bits per heavy atom. The molecule has 36 heavy (non-hydrogen) atoms. The van der Waals surface area contributed by atoms with Crippen LogP contribution >= 0.6 is 0 Å². The van der Waals surface area contributed by atoms with Gasteiger partial charge in [-0.2, -0.15) is 0 Å². The van der Waals surface area contributed by atoms with E-state index >= 15 is 0 Å². The molecular weight excluding hydrogens is 456 g/mol. The van der Waals surface area contributed by atoms with Crippen molar-refractivity contribution in [2.45, 2.75) is 26.4 Å². The van der Waals surface area contributed by atoms with Crippen LogP contribution in [0, 0.1) is 0 Å². The zero-order valence-corrected chi connectivity index (χ0v) is 20.6. The summed E-state index contributed by atoms with van der Waals surface area (Å²) in [6.45, 7) is 4.27. The van der Waals surface area contributed by atoms with Crippen LogP contribution in [0.5, 0.6) is 11.5 Å². The third-order valence-electron chi connectivity index (χ3n) is 5.07. The maximum Gasteiger partial charge on any atom is 0.267 e. The molecule has 0 aliphatic rings. The Morgan fingerprint density at radius 3 is 2.22 bits per heavy atom. The van der Waals surface area contributed by atoms with Gasteiger partial charge in [0, 0.05) is 18.5 Å². The third kappa shape index (κ3) is 8.60. The summed E-state index contributed by atoms with van der Waals surface area (Å²) in [5, 5.41) is 14.3. The highest BCUT2D eigenvalue weighted by Gasteiger charge is 2.15. The molecule has 0 heterocycles. The number of carbonyl (C=O) groups is 2. The summed E-state index contributed by atoms with van der Waals surface area (Å²) in [5.41, 5.74) is 2.35. The molecule has 0 bridgehead atoms. The molecule has 0 aliphatic heterocycles. The minimum atomic E-state index is -0.499. The quantitative estimate of drug-likeness (QED) is 0.335. The SMILES string of the molecule is CC(C)Oc1ccc(C=C(NC(=O)c2ccc(OCCc3ccccc3)cc2)C(=O)NCCO)cc1. The fourth-order valence-corrected chi connectivity index (χ4v) is 3.33. The predicted molar refractivity (Wildman–Crippen MR) is 140 cm³/mol. The minimum absolute atomic E-state index is 0.0474. The molecular formula is C29H32N2O5. The third-order valence-corrected chi connectivity index (χ3v) is 5.07. The van der Waals surface area contributed by atoms with Crippen LogP contribution in [0.3, 0.4) is 0 Å². The first kappa shape index (κ1) is 26.5. The molecule has 0 aromatic heterocycles. The highest BCUT2D eigenvalue weighted by atomic mass is 16.5. The van der Waals surface area contributed by atoms with Crippen LogP contribution in [0.25, 0.3) is 6.08 Å². The van der Waals surface area contributed by atoms with Crippen molar-refractivity contribution in [3.63, 3.8) is 0 Å². The van der Waals surface area contributed by atoms with Crippen LogP contribution < -0.4 is 20.1 Å². The molecule has 0 radical (unpaired) electrons. The molecule has 0 spiro atoms. The predicted octanol–water partition coefficient (Wildman–Crippen LogP) is 3.97. The van der Waals surface area contributed by atoms with E-state index in [1.54, 1.807) is 54.6 Å². The van der Waals surface area contributed by atoms with Crippen LogP contribution in [0.15, 0.2) is 84.6 Å². The highest BCUT2D eigenvalue weighted by molar-refractivity contribution is 6.05. The van der Waals surface area contributed by atoms with Crippen molar-refractivity contribution in [3.05, 3.63) is 101 Å². The number of hydrogen-bond acceptors (Lipinski definition) is 5. The average Bonchev–Trinajstić information content (AvgIpc) is 2.88. The first-order valence-corrected chi connectivity index (χ1v) is 11.9. The van der Waals surface area contributed by atoms with Crippen molar-refractivity contribution in [1.29, 1.82) is 0 Å². The van der Waals surface area contributed by atoms with Gasteiger partial charge in [-0.05, 0) is 67.4 Å². The first-order chi connectivity index (χ1) is 17.4. The number of benzene rings is 3. The number of aliphatic hydroxyl groups is 1. The lowest BCUT2D eigenvalue weighted by atomic mass is 10.1. The molecule has 0 atom stereocenters. The van der Waals surface area contributed by atoms with Gasteiger partial charge in [-0.15, -0.1) is 0 Å². The number of carbonyl (C=O) groups excluding carboxylic acids is 2. The van der Waals surface area contributed by atoms with Crippen molar-refractivity contribution in [2.75, 3.05) is 19.8 Å². The van der Waals surface area contributed by atoms with Gasteiger partial charge in [-0.3, -0.25) is 9.59 Å². The molecule has 7 nitrogen and oxygen atoms in total. The van der Waals surface area contributed by atoms with E-state index in [1.165, 1.54) is 5.56 Å². The monoisotopic (exact) mass is 488 g/mol. The van der Waals surface area contributed by atoms with Gasteiger partial charge in [0.2, 0.25) is 0 Å². The lowest BCUT2D eigenvalue weighted by Crippen LogP contribution is -2.36. The van der Waals surface area contributed by atoms with Crippen LogP contribution in [-0.4, -0.2) is 42.8 Å². The van der Waals surface area contributed by atoms with Crippen LogP contribution in [-0.2, 0) is 11.2 Å². The van der Waals surface area contributed by atoms with Crippen molar-refractivity contribution < 1.29 is 24.2 Å². The Hall–Kier alpha value is -4.10. The van der Waals surface area contributed by atoms with E-state index in [2.05, 4.69) is 10.6 Å².